The molecule has 0 unspecified atom stereocenters. The average Bonchev–Trinajstić information content (AvgIpc) is 1.99. The molecule has 0 radical (unpaired) electrons. The van der Waals surface area contributed by atoms with Crippen molar-refractivity contribution in [1.29, 1.82) is 0 Å². The summed E-state index contributed by atoms with van der Waals surface area (Å²) in [6, 6.07) is 0. The van der Waals surface area contributed by atoms with Crippen LogP contribution in [-0.4, -0.2) is 23.4 Å². The van der Waals surface area contributed by atoms with Crippen molar-refractivity contribution in [2.24, 2.45) is 0 Å². The molecule has 0 aromatic heterocycles. The molecule has 13 heavy (non-hydrogen) atoms. The van der Waals surface area contributed by atoms with Gasteiger partial charge in [0.1, 0.15) is 0 Å². The van der Waals surface area contributed by atoms with E-state index in [9.17, 15) is 26.7 Å². The van der Waals surface area contributed by atoms with Gasteiger partial charge in [0.15, 0.2) is 0 Å². The Morgan fingerprint density at radius 3 is 2.23 bits per heavy atom. The zero-order valence-electron chi connectivity index (χ0n) is 6.11. The fourth-order valence-corrected chi connectivity index (χ4v) is 0.402. The van der Waals surface area contributed by atoms with Gasteiger partial charge in [0.25, 0.3) is 0 Å². The van der Waals surface area contributed by atoms with E-state index in [4.69, 9.17) is 5.11 Å². The second-order valence-corrected chi connectivity index (χ2v) is 2.12. The predicted octanol–water partition coefficient (Wildman–Crippen LogP) is 2.21. The van der Waals surface area contributed by atoms with Crippen molar-refractivity contribution >= 4 is 5.97 Å². The normalized spacial score (nSPS) is 13.5. The van der Waals surface area contributed by atoms with Gasteiger partial charge in [-0.25, -0.2) is 13.6 Å². The summed E-state index contributed by atoms with van der Waals surface area (Å²) in [5.74, 6) is -8.34. The van der Waals surface area contributed by atoms with Crippen LogP contribution in [0.2, 0.25) is 0 Å². The second-order valence-electron chi connectivity index (χ2n) is 2.12. The summed E-state index contributed by atoms with van der Waals surface area (Å²) in [6.07, 6.45) is -5.66. The first kappa shape index (κ1) is 11.9. The van der Waals surface area contributed by atoms with Gasteiger partial charge in [0.2, 0.25) is 5.83 Å². The van der Waals surface area contributed by atoms with Crippen LogP contribution < -0.4 is 0 Å². The molecule has 0 aromatic rings. The molecule has 0 heterocycles. The molecule has 0 fully saturated rings. The Morgan fingerprint density at radius 2 is 1.92 bits per heavy atom. The second kappa shape index (κ2) is 4.20. The Labute approximate surface area is 69.7 Å². The van der Waals surface area contributed by atoms with Crippen LogP contribution in [0.15, 0.2) is 11.9 Å². The number of aliphatic carboxylic acids is 1. The Balaban J connectivity index is 4.31. The standard InChI is InChI=1S/C6H5F5O2/c7-3(4(12)13)1-2-6(10,11)5(8)9/h1,5H,2H2,(H,12,13). The number of hydrogen-bond donors (Lipinski definition) is 1. The van der Waals surface area contributed by atoms with Crippen LogP contribution in [0.25, 0.3) is 0 Å². The molecule has 0 aliphatic heterocycles. The molecule has 1 N–H and O–H groups in total. The van der Waals surface area contributed by atoms with Crippen LogP contribution in [0.1, 0.15) is 6.42 Å². The monoisotopic (exact) mass is 204 g/mol. The number of halogens is 5. The summed E-state index contributed by atoms with van der Waals surface area (Å²) in [5, 5.41) is 7.84. The Hall–Kier alpha value is -1.14. The van der Waals surface area contributed by atoms with Gasteiger partial charge >= 0.3 is 18.3 Å². The van der Waals surface area contributed by atoms with E-state index in [-0.39, 0.29) is 6.08 Å². The van der Waals surface area contributed by atoms with Crippen molar-refractivity contribution in [2.75, 3.05) is 0 Å². The Bertz CT molecular complexity index is 223. The molecule has 0 saturated carbocycles. The number of carbonyl (C=O) groups is 1. The molecule has 0 atom stereocenters. The van der Waals surface area contributed by atoms with Crippen LogP contribution in [-0.2, 0) is 4.79 Å². The SMILES string of the molecule is O=C(O)C(F)=CCC(F)(F)C(F)F. The van der Waals surface area contributed by atoms with Gasteiger partial charge in [-0.05, 0) is 6.08 Å². The number of carboxylic acid groups (broad SMARTS) is 1. The van der Waals surface area contributed by atoms with E-state index >= 15 is 0 Å². The lowest BCUT2D eigenvalue weighted by Crippen LogP contribution is -2.25. The maximum absolute atomic E-state index is 12.0. The molecule has 0 saturated heterocycles. The molecular weight excluding hydrogens is 199 g/mol. The summed E-state index contributed by atoms with van der Waals surface area (Å²) >= 11 is 0. The quantitative estimate of drug-likeness (QED) is 0.563. The van der Waals surface area contributed by atoms with Crippen molar-refractivity contribution < 1.29 is 31.9 Å². The molecule has 0 aliphatic carbocycles. The number of alkyl halides is 4. The highest BCUT2D eigenvalue weighted by Crippen LogP contribution is 2.27. The van der Waals surface area contributed by atoms with Gasteiger partial charge in [-0.3, -0.25) is 0 Å². The third-order valence-corrected chi connectivity index (χ3v) is 1.08. The minimum absolute atomic E-state index is 0.0888. The first-order valence-corrected chi connectivity index (χ1v) is 3.02. The van der Waals surface area contributed by atoms with Crippen molar-refractivity contribution in [3.05, 3.63) is 11.9 Å². The van der Waals surface area contributed by atoms with E-state index in [0.717, 1.165) is 0 Å². The fraction of sp³-hybridized carbons (Fsp3) is 0.500. The van der Waals surface area contributed by atoms with Crippen LogP contribution in [0.5, 0.6) is 0 Å². The summed E-state index contributed by atoms with van der Waals surface area (Å²) in [5.41, 5.74) is 0. The number of hydrogen-bond acceptors (Lipinski definition) is 1. The van der Waals surface area contributed by atoms with Crippen molar-refractivity contribution in [3.8, 4) is 0 Å². The summed E-state index contributed by atoms with van der Waals surface area (Å²) < 4.78 is 58.9. The van der Waals surface area contributed by atoms with Gasteiger partial charge in [0, 0.05) is 6.42 Å². The van der Waals surface area contributed by atoms with E-state index in [0.29, 0.717) is 0 Å². The highest BCUT2D eigenvalue weighted by Gasteiger charge is 2.39. The van der Waals surface area contributed by atoms with Crippen LogP contribution in [0, 0.1) is 0 Å². The molecule has 0 aliphatic rings. The Morgan fingerprint density at radius 1 is 1.46 bits per heavy atom. The summed E-state index contributed by atoms with van der Waals surface area (Å²) in [7, 11) is 0. The van der Waals surface area contributed by atoms with Gasteiger partial charge in [0.05, 0.1) is 0 Å². The summed E-state index contributed by atoms with van der Waals surface area (Å²) in [6.45, 7) is 0. The third-order valence-electron chi connectivity index (χ3n) is 1.08. The fourth-order valence-electron chi connectivity index (χ4n) is 0.402. The highest BCUT2D eigenvalue weighted by molar-refractivity contribution is 5.83. The summed E-state index contributed by atoms with van der Waals surface area (Å²) in [4.78, 5) is 9.71. The first-order chi connectivity index (χ1) is 5.77. The molecule has 2 nitrogen and oxygen atoms in total. The Kier molecular flexibility index (Phi) is 3.83. The molecule has 76 valence electrons. The van der Waals surface area contributed by atoms with Crippen molar-refractivity contribution in [3.63, 3.8) is 0 Å². The molecule has 0 bridgehead atoms. The minimum Gasteiger partial charge on any atom is -0.476 e. The molecule has 7 heteroatoms. The number of rotatable bonds is 4. The molecule has 0 spiro atoms. The van der Waals surface area contributed by atoms with E-state index in [1.165, 1.54) is 0 Å². The number of allylic oxidation sites excluding steroid dienone is 1. The van der Waals surface area contributed by atoms with Gasteiger partial charge in [-0.2, -0.15) is 13.2 Å². The van der Waals surface area contributed by atoms with Crippen LogP contribution >= 0.6 is 0 Å². The topological polar surface area (TPSA) is 37.3 Å². The van der Waals surface area contributed by atoms with Crippen LogP contribution in [0.4, 0.5) is 22.0 Å². The van der Waals surface area contributed by atoms with E-state index in [1.807, 2.05) is 0 Å². The average molecular weight is 204 g/mol. The lowest BCUT2D eigenvalue weighted by Gasteiger charge is -2.11. The number of carboxylic acids is 1. The van der Waals surface area contributed by atoms with Gasteiger partial charge in [-0.15, -0.1) is 0 Å². The molecule has 0 aromatic carbocycles. The predicted molar refractivity (Wildman–Crippen MR) is 32.4 cm³/mol. The zero-order valence-corrected chi connectivity index (χ0v) is 6.11. The molecular formula is C6H5F5O2. The maximum Gasteiger partial charge on any atom is 0.364 e. The lowest BCUT2D eigenvalue weighted by atomic mass is 10.2. The van der Waals surface area contributed by atoms with Crippen molar-refractivity contribution in [2.45, 2.75) is 18.8 Å². The van der Waals surface area contributed by atoms with Gasteiger partial charge in [-0.1, -0.05) is 0 Å². The maximum atomic E-state index is 12.0. The highest BCUT2D eigenvalue weighted by atomic mass is 19.3. The molecule has 0 amide bonds. The van der Waals surface area contributed by atoms with E-state index in [2.05, 4.69) is 0 Å². The van der Waals surface area contributed by atoms with Crippen molar-refractivity contribution in [1.82, 2.24) is 0 Å². The zero-order chi connectivity index (χ0) is 10.6. The molecule has 0 rings (SSSR count). The first-order valence-electron chi connectivity index (χ1n) is 3.02. The third kappa shape index (κ3) is 3.86. The van der Waals surface area contributed by atoms with Crippen LogP contribution in [0.3, 0.4) is 0 Å². The lowest BCUT2D eigenvalue weighted by molar-refractivity contribution is -0.135. The smallest absolute Gasteiger partial charge is 0.364 e. The van der Waals surface area contributed by atoms with E-state index in [1.54, 1.807) is 0 Å². The largest absolute Gasteiger partial charge is 0.476 e. The van der Waals surface area contributed by atoms with E-state index < -0.39 is 30.6 Å². The minimum atomic E-state index is -4.40. The van der Waals surface area contributed by atoms with Gasteiger partial charge < -0.3 is 5.11 Å².